The van der Waals surface area contributed by atoms with Crippen LogP contribution in [-0.2, 0) is 20.2 Å². The molecule has 8 rings (SSSR count). The molecule has 10 N–H and O–H groups in total. The summed E-state index contributed by atoms with van der Waals surface area (Å²) < 4.78 is 72.6. The molecule has 2 aromatic heterocycles. The maximum Gasteiger partial charge on any atom is 1.00 e. The molecule has 0 aliphatic rings. The third-order valence-electron chi connectivity index (χ3n) is 11.7. The first kappa shape index (κ1) is 60.5. The zero-order valence-corrected chi connectivity index (χ0v) is 46.8. The number of hydrogen-bond acceptors (Lipinski definition) is 22. The number of aromatic nitrogens is 6. The molecule has 6 aromatic carbocycles. The number of anilines is 10. The molecule has 0 bridgehead atoms. The quantitative estimate of drug-likeness (QED) is 0.0161. The smallest absolute Gasteiger partial charge is 0.395 e. The van der Waals surface area contributed by atoms with E-state index in [1.54, 1.807) is 109 Å². The molecule has 0 aliphatic heterocycles. The van der Waals surface area contributed by atoms with Gasteiger partial charge in [-0.15, -0.1) is 0 Å². The van der Waals surface area contributed by atoms with Crippen molar-refractivity contribution in [3.8, 4) is 0 Å². The summed E-state index contributed by atoms with van der Waals surface area (Å²) in [5, 5.41) is 51.0. The first-order valence-electron chi connectivity index (χ1n) is 24.4. The largest absolute Gasteiger partial charge is 1.00 e. The summed E-state index contributed by atoms with van der Waals surface area (Å²) in [7, 11) is -9.99. The van der Waals surface area contributed by atoms with Gasteiger partial charge in [0.05, 0.1) is 26.4 Å². The Bertz CT molecular complexity index is 3490. The Hall–Kier alpha value is -8.12. The molecular formula is C54H52N12NaO12S2+. The van der Waals surface area contributed by atoms with E-state index in [4.69, 9.17) is 0 Å². The Balaban J connectivity index is 0.00000946. The maximum atomic E-state index is 13.0. The molecule has 81 heavy (non-hydrogen) atoms. The third kappa shape index (κ3) is 16.3. The predicted octanol–water partition coefficient (Wildman–Crippen LogP) is 2.74. The molecule has 0 radical (unpaired) electrons. The summed E-state index contributed by atoms with van der Waals surface area (Å²) in [5.74, 6) is -0.679. The average molecular weight is 1150 g/mol. The van der Waals surface area contributed by atoms with E-state index in [0.29, 0.717) is 33.6 Å². The zero-order valence-electron chi connectivity index (χ0n) is 43.2. The van der Waals surface area contributed by atoms with Gasteiger partial charge in [0.25, 0.3) is 20.2 Å². The van der Waals surface area contributed by atoms with Crippen molar-refractivity contribution in [3.63, 3.8) is 0 Å². The number of rotatable bonds is 26. The summed E-state index contributed by atoms with van der Waals surface area (Å²) in [6, 6.07) is 38.1. The molecule has 24 nitrogen and oxygen atoms in total. The minimum absolute atomic E-state index is 0. The number of nitrogens with one attached hydrogen (secondary N) is 4. The van der Waals surface area contributed by atoms with Crippen molar-refractivity contribution in [1.29, 1.82) is 0 Å². The molecule has 0 fully saturated rings. The predicted molar refractivity (Wildman–Crippen MR) is 300 cm³/mol. The van der Waals surface area contributed by atoms with Crippen LogP contribution in [0.25, 0.3) is 12.2 Å². The molecule has 0 saturated heterocycles. The number of nitrogens with zero attached hydrogens (tertiary/aromatic N) is 8. The normalized spacial score (nSPS) is 11.4. The van der Waals surface area contributed by atoms with Crippen molar-refractivity contribution >= 4 is 102 Å². The molecule has 8 aromatic rings. The Morgan fingerprint density at radius 2 is 0.691 bits per heavy atom. The van der Waals surface area contributed by atoms with E-state index in [2.05, 4.69) is 51.2 Å². The molecule has 0 aliphatic carbocycles. The van der Waals surface area contributed by atoms with Crippen LogP contribution >= 0.6 is 0 Å². The topological polar surface area (TPSA) is 356 Å². The Morgan fingerprint density at radius 3 is 0.988 bits per heavy atom. The van der Waals surface area contributed by atoms with Crippen LogP contribution in [0.1, 0.15) is 43.0 Å². The van der Waals surface area contributed by atoms with E-state index in [1.807, 2.05) is 0 Å². The number of carbonyl (C=O) groups is 2. The standard InChI is InChI=1S/C54H52N12O12S2.Na/c67-29-25-65(26-30-68)53-61-49(55-41-19-15-39(16-20-41)47(71)37-7-3-1-4-8-37)59-51(63-53)57-43-23-13-35(45(33-43)79(73,74)75)11-12-36-14-24-44(34-46(36)80(76,77)78)58-52-60-50(62-54(64-52)66(27-31-69)28-32-70)56-42-21-17-40(18-22-42)48(72)38-9-5-2-6-10-38;/h1-24,33-34,67-70H,25-32H2,(H,73,74,75)(H,76,77,78)(H2,55,57,59,61,63)(H2,56,58,60,62,64);/q;+1/b12-11+;. The van der Waals surface area contributed by atoms with Gasteiger partial charge in [-0.25, -0.2) is 0 Å². The molecule has 2 heterocycles. The van der Waals surface area contributed by atoms with Gasteiger partial charge in [0.15, 0.2) is 11.6 Å². The van der Waals surface area contributed by atoms with Gasteiger partial charge < -0.3 is 51.5 Å². The van der Waals surface area contributed by atoms with Gasteiger partial charge >= 0.3 is 29.6 Å². The van der Waals surface area contributed by atoms with E-state index >= 15 is 0 Å². The van der Waals surface area contributed by atoms with Gasteiger partial charge in [0.1, 0.15) is 9.79 Å². The van der Waals surface area contributed by atoms with Crippen LogP contribution < -0.4 is 60.6 Å². The van der Waals surface area contributed by atoms with E-state index in [9.17, 15) is 56.0 Å². The fraction of sp³-hybridized carbons (Fsp3) is 0.148. The van der Waals surface area contributed by atoms with Crippen molar-refractivity contribution < 1.29 is 85.5 Å². The van der Waals surface area contributed by atoms with Gasteiger partial charge in [-0.05, 0) is 83.9 Å². The van der Waals surface area contributed by atoms with E-state index in [0.717, 1.165) is 12.1 Å². The molecule has 0 unspecified atom stereocenters. The number of ketones is 2. The monoisotopic (exact) mass is 1150 g/mol. The summed E-state index contributed by atoms with van der Waals surface area (Å²) >= 11 is 0. The van der Waals surface area contributed by atoms with Crippen molar-refractivity contribution in [2.75, 3.05) is 83.7 Å². The molecular weight excluding hydrogens is 1100 g/mol. The van der Waals surface area contributed by atoms with Gasteiger partial charge in [0.2, 0.25) is 35.7 Å². The summed E-state index contributed by atoms with van der Waals surface area (Å²) in [5.41, 5.74) is 2.69. The first-order chi connectivity index (χ1) is 38.5. The Labute approximate surface area is 487 Å². The molecule has 412 valence electrons. The Morgan fingerprint density at radius 1 is 0.407 bits per heavy atom. The van der Waals surface area contributed by atoms with Crippen LogP contribution in [0.5, 0.6) is 0 Å². The van der Waals surface area contributed by atoms with Crippen molar-refractivity contribution in [3.05, 3.63) is 179 Å². The van der Waals surface area contributed by atoms with Gasteiger partial charge in [-0.1, -0.05) is 84.9 Å². The van der Waals surface area contributed by atoms with E-state index in [-0.39, 0.29) is 152 Å². The second kappa shape index (κ2) is 27.8. The van der Waals surface area contributed by atoms with Gasteiger partial charge in [0, 0.05) is 71.2 Å². The number of aliphatic hydroxyl groups excluding tert-OH is 4. The van der Waals surface area contributed by atoms with E-state index in [1.165, 1.54) is 46.2 Å². The minimum Gasteiger partial charge on any atom is -0.395 e. The summed E-state index contributed by atoms with van der Waals surface area (Å²) in [4.78, 5) is 54.4. The molecule has 0 saturated carbocycles. The van der Waals surface area contributed by atoms with Crippen molar-refractivity contribution in [2.45, 2.75) is 9.79 Å². The fourth-order valence-corrected chi connectivity index (χ4v) is 9.33. The van der Waals surface area contributed by atoms with Crippen LogP contribution in [0.2, 0.25) is 0 Å². The number of aliphatic hydroxyl groups is 4. The van der Waals surface area contributed by atoms with Crippen LogP contribution in [0.3, 0.4) is 0 Å². The molecule has 27 heteroatoms. The second-order valence-electron chi connectivity index (χ2n) is 17.3. The van der Waals surface area contributed by atoms with Crippen LogP contribution in [-0.4, -0.2) is 140 Å². The van der Waals surface area contributed by atoms with Crippen LogP contribution in [0.15, 0.2) is 155 Å². The third-order valence-corrected chi connectivity index (χ3v) is 13.5. The zero-order chi connectivity index (χ0) is 56.8. The van der Waals surface area contributed by atoms with Gasteiger partial charge in [-0.3, -0.25) is 18.7 Å². The van der Waals surface area contributed by atoms with Crippen LogP contribution in [0.4, 0.5) is 58.4 Å². The van der Waals surface area contributed by atoms with Crippen molar-refractivity contribution in [1.82, 2.24) is 29.9 Å². The minimum atomic E-state index is -4.99. The molecule has 0 amide bonds. The average Bonchev–Trinajstić information content (AvgIpc) is 3.46. The Kier molecular flexibility index (Phi) is 20.8. The number of benzene rings is 6. The number of hydrogen-bond donors (Lipinski definition) is 10. The molecule has 0 atom stereocenters. The van der Waals surface area contributed by atoms with Gasteiger partial charge in [-0.2, -0.15) is 46.7 Å². The maximum absolute atomic E-state index is 13.0. The van der Waals surface area contributed by atoms with E-state index < -0.39 is 30.0 Å². The van der Waals surface area contributed by atoms with Crippen molar-refractivity contribution in [2.24, 2.45) is 0 Å². The summed E-state index contributed by atoms with van der Waals surface area (Å²) in [6.45, 7) is -1.25. The first-order valence-corrected chi connectivity index (χ1v) is 27.2. The fourth-order valence-electron chi connectivity index (χ4n) is 7.91. The number of carbonyl (C=O) groups excluding carboxylic acids is 2. The SMILES string of the molecule is O=C(c1ccccc1)c1ccc(Nc2nc(Nc3ccc(/C=C/c4ccc(Nc5nc(Nc6ccc(C(=O)c7ccccc7)cc6)nc(N(CCO)CCO)n5)cc4S(=O)(=O)O)c(S(=O)(=O)O)c3)nc(N(CCO)CCO)n2)cc1.[Na+]. The van der Waals surface area contributed by atoms with Crippen LogP contribution in [0, 0.1) is 0 Å². The molecule has 0 spiro atoms. The second-order valence-corrected chi connectivity index (χ2v) is 20.0. The summed E-state index contributed by atoms with van der Waals surface area (Å²) in [6.07, 6.45) is 2.40.